The number of amides is 1. The Morgan fingerprint density at radius 3 is 3.00 bits per heavy atom. The average Bonchev–Trinajstić information content (AvgIpc) is 2.81. The minimum absolute atomic E-state index is 0.171. The van der Waals surface area contributed by atoms with Crippen molar-refractivity contribution in [2.24, 2.45) is 5.73 Å². The number of piperazine rings is 1. The zero-order valence-corrected chi connectivity index (χ0v) is 10.9. The molecule has 0 aromatic carbocycles. The summed E-state index contributed by atoms with van der Waals surface area (Å²) in [4.78, 5) is 16.7. The SMILES string of the molecule is CCCC[C@H](N)C(=O)N1CCN2CCCC2C1. The molecular weight excluding hydrogens is 214 g/mol. The quantitative estimate of drug-likeness (QED) is 0.790. The number of rotatable bonds is 4. The fraction of sp³-hybridized carbons (Fsp3) is 0.923. The number of fused-ring (bicyclic) bond motifs is 1. The highest BCUT2D eigenvalue weighted by atomic mass is 16.2. The number of hydrogen-bond acceptors (Lipinski definition) is 3. The maximum absolute atomic E-state index is 12.2. The summed E-state index contributed by atoms with van der Waals surface area (Å²) in [6, 6.07) is 0.328. The fourth-order valence-corrected chi connectivity index (χ4v) is 2.97. The Bertz CT molecular complexity index is 269. The largest absolute Gasteiger partial charge is 0.338 e. The molecule has 98 valence electrons. The van der Waals surface area contributed by atoms with Crippen LogP contribution in [0.5, 0.6) is 0 Å². The first kappa shape index (κ1) is 12.8. The van der Waals surface area contributed by atoms with Gasteiger partial charge in [0.25, 0.3) is 0 Å². The van der Waals surface area contributed by atoms with Crippen LogP contribution in [0.4, 0.5) is 0 Å². The van der Waals surface area contributed by atoms with Crippen molar-refractivity contribution in [3.8, 4) is 0 Å². The highest BCUT2D eigenvalue weighted by Crippen LogP contribution is 2.21. The summed E-state index contributed by atoms with van der Waals surface area (Å²) in [6.07, 6.45) is 5.52. The van der Waals surface area contributed by atoms with Crippen molar-refractivity contribution in [3.63, 3.8) is 0 Å². The molecule has 2 rings (SSSR count). The number of carbonyl (C=O) groups is 1. The zero-order chi connectivity index (χ0) is 12.3. The predicted molar refractivity (Wildman–Crippen MR) is 68.7 cm³/mol. The molecule has 0 aliphatic carbocycles. The van der Waals surface area contributed by atoms with Gasteiger partial charge in [-0.05, 0) is 25.8 Å². The van der Waals surface area contributed by atoms with Crippen molar-refractivity contribution in [1.82, 2.24) is 9.80 Å². The molecule has 2 saturated heterocycles. The summed E-state index contributed by atoms with van der Waals surface area (Å²) in [5.74, 6) is 0.171. The number of unbranched alkanes of at least 4 members (excludes halogenated alkanes) is 1. The monoisotopic (exact) mass is 239 g/mol. The van der Waals surface area contributed by atoms with Gasteiger partial charge in [0.1, 0.15) is 0 Å². The highest BCUT2D eigenvalue weighted by Gasteiger charge is 2.33. The first-order valence-corrected chi connectivity index (χ1v) is 7.00. The van der Waals surface area contributed by atoms with E-state index < -0.39 is 0 Å². The Balaban J connectivity index is 1.83. The van der Waals surface area contributed by atoms with E-state index in [4.69, 9.17) is 5.73 Å². The topological polar surface area (TPSA) is 49.6 Å². The molecule has 0 saturated carbocycles. The molecule has 0 radical (unpaired) electrons. The molecule has 4 nitrogen and oxygen atoms in total. The van der Waals surface area contributed by atoms with Gasteiger partial charge in [-0.3, -0.25) is 9.69 Å². The van der Waals surface area contributed by atoms with Crippen LogP contribution in [0, 0.1) is 0 Å². The van der Waals surface area contributed by atoms with Crippen LogP contribution in [-0.4, -0.2) is 54.0 Å². The lowest BCUT2D eigenvalue weighted by atomic mass is 10.1. The van der Waals surface area contributed by atoms with Crippen LogP contribution in [0.3, 0.4) is 0 Å². The lowest BCUT2D eigenvalue weighted by Gasteiger charge is -2.38. The number of nitrogens with zero attached hydrogens (tertiary/aromatic N) is 2. The van der Waals surface area contributed by atoms with E-state index in [-0.39, 0.29) is 11.9 Å². The van der Waals surface area contributed by atoms with Gasteiger partial charge in [-0.15, -0.1) is 0 Å². The first-order chi connectivity index (χ1) is 8.22. The molecule has 0 spiro atoms. The van der Waals surface area contributed by atoms with E-state index in [2.05, 4.69) is 11.8 Å². The van der Waals surface area contributed by atoms with Crippen LogP contribution in [-0.2, 0) is 4.79 Å². The molecule has 2 heterocycles. The molecule has 2 N–H and O–H groups in total. The third-order valence-electron chi connectivity index (χ3n) is 4.08. The van der Waals surface area contributed by atoms with Crippen molar-refractivity contribution in [2.45, 2.75) is 51.1 Å². The minimum Gasteiger partial charge on any atom is -0.338 e. The molecule has 0 aromatic rings. The number of nitrogens with two attached hydrogens (primary N) is 1. The second-order valence-electron chi connectivity index (χ2n) is 5.36. The van der Waals surface area contributed by atoms with Gasteiger partial charge in [0, 0.05) is 25.7 Å². The van der Waals surface area contributed by atoms with E-state index in [9.17, 15) is 4.79 Å². The van der Waals surface area contributed by atoms with Crippen LogP contribution < -0.4 is 5.73 Å². The van der Waals surface area contributed by atoms with Crippen LogP contribution >= 0.6 is 0 Å². The second kappa shape index (κ2) is 5.83. The fourth-order valence-electron chi connectivity index (χ4n) is 2.97. The van der Waals surface area contributed by atoms with Crippen molar-refractivity contribution in [1.29, 1.82) is 0 Å². The van der Waals surface area contributed by atoms with Gasteiger partial charge in [-0.2, -0.15) is 0 Å². The number of carbonyl (C=O) groups excluding carboxylic acids is 1. The summed E-state index contributed by atoms with van der Waals surface area (Å²) in [5.41, 5.74) is 5.97. The van der Waals surface area contributed by atoms with Crippen molar-refractivity contribution < 1.29 is 4.79 Å². The molecule has 4 heteroatoms. The Kier molecular flexibility index (Phi) is 4.40. The van der Waals surface area contributed by atoms with Gasteiger partial charge in [0.15, 0.2) is 0 Å². The van der Waals surface area contributed by atoms with E-state index in [0.29, 0.717) is 6.04 Å². The van der Waals surface area contributed by atoms with Gasteiger partial charge in [-0.25, -0.2) is 0 Å². The predicted octanol–water partition coefficient (Wildman–Crippen LogP) is 0.811. The summed E-state index contributed by atoms with van der Waals surface area (Å²) >= 11 is 0. The van der Waals surface area contributed by atoms with Crippen LogP contribution in [0.1, 0.15) is 39.0 Å². The molecule has 2 fully saturated rings. The molecule has 0 bridgehead atoms. The number of hydrogen-bond donors (Lipinski definition) is 1. The van der Waals surface area contributed by atoms with Gasteiger partial charge < -0.3 is 10.6 Å². The standard InChI is InChI=1S/C13H25N3O/c1-2-3-6-12(14)13(17)16-9-8-15-7-4-5-11(15)10-16/h11-12H,2-10,14H2,1H3/t11?,12-/m0/s1. The Labute approximate surface area is 104 Å². The van der Waals surface area contributed by atoms with Crippen LogP contribution in [0.15, 0.2) is 0 Å². The molecule has 2 atom stereocenters. The molecular formula is C13H25N3O. The van der Waals surface area contributed by atoms with E-state index in [0.717, 1.165) is 38.9 Å². The third-order valence-corrected chi connectivity index (χ3v) is 4.08. The van der Waals surface area contributed by atoms with Gasteiger partial charge in [0.05, 0.1) is 6.04 Å². The average molecular weight is 239 g/mol. The van der Waals surface area contributed by atoms with Crippen molar-refractivity contribution in [2.75, 3.05) is 26.2 Å². The van der Waals surface area contributed by atoms with E-state index >= 15 is 0 Å². The summed E-state index contributed by atoms with van der Waals surface area (Å²) in [7, 11) is 0. The van der Waals surface area contributed by atoms with Gasteiger partial charge >= 0.3 is 0 Å². The maximum Gasteiger partial charge on any atom is 0.239 e. The Morgan fingerprint density at radius 2 is 2.24 bits per heavy atom. The highest BCUT2D eigenvalue weighted by molar-refractivity contribution is 5.81. The van der Waals surface area contributed by atoms with E-state index in [1.54, 1.807) is 0 Å². The lowest BCUT2D eigenvalue weighted by Crippen LogP contribution is -2.55. The Hall–Kier alpha value is -0.610. The third kappa shape index (κ3) is 2.99. The smallest absolute Gasteiger partial charge is 0.239 e. The molecule has 1 unspecified atom stereocenters. The lowest BCUT2D eigenvalue weighted by molar-refractivity contribution is -0.135. The maximum atomic E-state index is 12.2. The second-order valence-corrected chi connectivity index (χ2v) is 5.36. The molecule has 2 aliphatic rings. The van der Waals surface area contributed by atoms with Crippen molar-refractivity contribution >= 4 is 5.91 Å². The molecule has 17 heavy (non-hydrogen) atoms. The van der Waals surface area contributed by atoms with Crippen LogP contribution in [0.2, 0.25) is 0 Å². The summed E-state index contributed by atoms with van der Waals surface area (Å²) in [6.45, 7) is 6.16. The zero-order valence-electron chi connectivity index (χ0n) is 10.9. The molecule has 1 amide bonds. The Morgan fingerprint density at radius 1 is 1.41 bits per heavy atom. The van der Waals surface area contributed by atoms with E-state index in [1.807, 2.05) is 4.90 Å². The molecule has 0 aromatic heterocycles. The summed E-state index contributed by atoms with van der Waals surface area (Å²) < 4.78 is 0. The minimum atomic E-state index is -0.275. The van der Waals surface area contributed by atoms with Crippen LogP contribution in [0.25, 0.3) is 0 Å². The summed E-state index contributed by atoms with van der Waals surface area (Å²) in [5, 5.41) is 0. The first-order valence-electron chi connectivity index (χ1n) is 7.00. The van der Waals surface area contributed by atoms with E-state index in [1.165, 1.54) is 19.4 Å². The van der Waals surface area contributed by atoms with Gasteiger partial charge in [0.2, 0.25) is 5.91 Å². The van der Waals surface area contributed by atoms with Crippen molar-refractivity contribution in [3.05, 3.63) is 0 Å². The van der Waals surface area contributed by atoms with Gasteiger partial charge in [-0.1, -0.05) is 19.8 Å². The normalized spacial score (nSPS) is 26.9. The molecule has 2 aliphatic heterocycles.